The van der Waals surface area contributed by atoms with E-state index >= 15 is 0 Å². The summed E-state index contributed by atoms with van der Waals surface area (Å²) < 4.78 is 15.2. The molecule has 1 aromatic rings. The van der Waals surface area contributed by atoms with Crippen LogP contribution < -0.4 is 10.1 Å². The number of hydrogen-bond acceptors (Lipinski definition) is 5. The fraction of sp³-hybridized carbons (Fsp3) is 0.444. The lowest BCUT2D eigenvalue weighted by molar-refractivity contribution is -0.143. The molecule has 24 heavy (non-hydrogen) atoms. The molecule has 1 N–H and O–H groups in total. The summed E-state index contributed by atoms with van der Waals surface area (Å²) in [5, 5.41) is 2.55. The van der Waals surface area contributed by atoms with E-state index in [1.54, 1.807) is 40.0 Å². The maximum atomic E-state index is 12.0. The largest absolute Gasteiger partial charge is 0.496 e. The zero-order chi connectivity index (χ0) is 18.3. The van der Waals surface area contributed by atoms with Crippen molar-refractivity contribution >= 4 is 18.1 Å². The highest BCUT2D eigenvalue weighted by atomic mass is 16.6. The Hall–Kier alpha value is -2.50. The van der Waals surface area contributed by atoms with E-state index in [1.807, 2.05) is 12.1 Å². The first-order valence-electron chi connectivity index (χ1n) is 7.57. The number of rotatable bonds is 6. The predicted molar refractivity (Wildman–Crippen MR) is 92.0 cm³/mol. The summed E-state index contributed by atoms with van der Waals surface area (Å²) in [7, 11) is 2.85. The molecule has 0 unspecified atom stereocenters. The lowest BCUT2D eigenvalue weighted by atomic mass is 10.0. The molecule has 0 fully saturated rings. The Morgan fingerprint density at radius 2 is 1.96 bits per heavy atom. The third kappa shape index (κ3) is 5.95. The number of methoxy groups -OCH3 is 2. The van der Waals surface area contributed by atoms with Crippen molar-refractivity contribution in [3.05, 3.63) is 35.9 Å². The topological polar surface area (TPSA) is 73.9 Å². The van der Waals surface area contributed by atoms with Crippen molar-refractivity contribution in [2.75, 3.05) is 14.2 Å². The molecule has 1 atom stereocenters. The van der Waals surface area contributed by atoms with Crippen LogP contribution in [-0.4, -0.2) is 37.9 Å². The van der Waals surface area contributed by atoms with Crippen LogP contribution >= 0.6 is 0 Å². The quantitative estimate of drug-likeness (QED) is 0.809. The first kappa shape index (κ1) is 19.5. The molecule has 0 saturated carbocycles. The van der Waals surface area contributed by atoms with Gasteiger partial charge in [-0.15, -0.1) is 0 Å². The van der Waals surface area contributed by atoms with Crippen molar-refractivity contribution in [3.63, 3.8) is 0 Å². The minimum atomic E-state index is -0.851. The van der Waals surface area contributed by atoms with Gasteiger partial charge >= 0.3 is 12.1 Å². The number of nitrogens with one attached hydrogen (secondary N) is 1. The third-order valence-electron chi connectivity index (χ3n) is 3.13. The minimum absolute atomic E-state index is 0.261. The molecule has 0 saturated heterocycles. The van der Waals surface area contributed by atoms with E-state index in [4.69, 9.17) is 14.2 Å². The van der Waals surface area contributed by atoms with Crippen LogP contribution in [0.3, 0.4) is 0 Å². The van der Waals surface area contributed by atoms with E-state index in [0.717, 1.165) is 11.1 Å². The third-order valence-corrected chi connectivity index (χ3v) is 3.13. The van der Waals surface area contributed by atoms with Crippen molar-refractivity contribution in [1.29, 1.82) is 0 Å². The molecule has 0 aliphatic rings. The molecule has 1 amide bonds. The van der Waals surface area contributed by atoms with Crippen LogP contribution in [0.5, 0.6) is 5.75 Å². The minimum Gasteiger partial charge on any atom is -0.496 e. The normalized spacial score (nSPS) is 12.0. The number of alkyl carbamates (subject to hydrolysis) is 1. The predicted octanol–water partition coefficient (Wildman–Crippen LogP) is 2.95. The van der Waals surface area contributed by atoms with Crippen molar-refractivity contribution < 1.29 is 23.8 Å². The van der Waals surface area contributed by atoms with E-state index in [0.29, 0.717) is 5.75 Å². The summed E-state index contributed by atoms with van der Waals surface area (Å²) in [4.78, 5) is 23.9. The second kappa shape index (κ2) is 8.38. The van der Waals surface area contributed by atoms with Crippen molar-refractivity contribution in [3.8, 4) is 5.75 Å². The molecule has 6 nitrogen and oxygen atoms in total. The van der Waals surface area contributed by atoms with Gasteiger partial charge in [-0.2, -0.15) is 0 Å². The molecule has 6 heteroatoms. The number of carbonyl (C=O) groups excluding carboxylic acids is 2. The fourth-order valence-electron chi connectivity index (χ4n) is 2.09. The molecule has 0 heterocycles. The molecule has 1 rings (SSSR count). The van der Waals surface area contributed by atoms with Gasteiger partial charge in [0.15, 0.2) is 0 Å². The Labute approximate surface area is 142 Å². The molecule has 0 spiro atoms. The maximum absolute atomic E-state index is 12.0. The van der Waals surface area contributed by atoms with Crippen molar-refractivity contribution in [2.24, 2.45) is 0 Å². The molecule has 0 radical (unpaired) electrons. The van der Waals surface area contributed by atoms with Gasteiger partial charge < -0.3 is 19.5 Å². The van der Waals surface area contributed by atoms with Crippen LogP contribution in [0.4, 0.5) is 4.79 Å². The van der Waals surface area contributed by atoms with Gasteiger partial charge in [-0.3, -0.25) is 0 Å². The number of carbonyl (C=O) groups is 2. The fourth-order valence-corrected chi connectivity index (χ4v) is 2.09. The summed E-state index contributed by atoms with van der Waals surface area (Å²) in [6, 6.07) is 4.60. The molecule has 0 bridgehead atoms. The lowest BCUT2D eigenvalue weighted by Crippen LogP contribution is -2.45. The van der Waals surface area contributed by atoms with Crippen LogP contribution in [-0.2, 0) is 20.7 Å². The first-order valence-corrected chi connectivity index (χ1v) is 7.57. The van der Waals surface area contributed by atoms with Gasteiger partial charge in [0.05, 0.1) is 14.2 Å². The van der Waals surface area contributed by atoms with E-state index in [1.165, 1.54) is 7.11 Å². The van der Waals surface area contributed by atoms with Gasteiger partial charge in [-0.1, -0.05) is 18.7 Å². The number of hydrogen-bond donors (Lipinski definition) is 1. The van der Waals surface area contributed by atoms with E-state index in [9.17, 15) is 9.59 Å². The SMILES string of the molecule is C=Cc1cc(C[C@H](NC(=O)OC(C)(C)C)C(=O)OC)ccc1OC. The van der Waals surface area contributed by atoms with E-state index < -0.39 is 23.7 Å². The Bertz CT molecular complexity index is 604. The molecule has 1 aromatic carbocycles. The standard InChI is InChI=1S/C18H25NO5/c1-7-13-10-12(8-9-15(13)22-5)11-14(16(20)23-6)19-17(21)24-18(2,3)4/h7-10,14H,1,11H2,2-6H3,(H,19,21)/t14-/m0/s1. The summed E-state index contributed by atoms with van der Waals surface area (Å²) in [6.07, 6.45) is 1.25. The molecular weight excluding hydrogens is 310 g/mol. The monoisotopic (exact) mass is 335 g/mol. The van der Waals surface area contributed by atoms with Crippen LogP contribution in [0.1, 0.15) is 31.9 Å². The van der Waals surface area contributed by atoms with Crippen LogP contribution in [0.15, 0.2) is 24.8 Å². The molecule has 0 aliphatic heterocycles. The number of amides is 1. The van der Waals surface area contributed by atoms with Crippen LogP contribution in [0, 0.1) is 0 Å². The molecular formula is C18H25NO5. The van der Waals surface area contributed by atoms with Crippen molar-refractivity contribution in [1.82, 2.24) is 5.32 Å². The average Bonchev–Trinajstić information content (AvgIpc) is 2.51. The Balaban J connectivity index is 2.92. The zero-order valence-electron chi connectivity index (χ0n) is 14.8. The van der Waals surface area contributed by atoms with E-state index in [2.05, 4.69) is 11.9 Å². The van der Waals surface area contributed by atoms with Gasteiger partial charge in [0.25, 0.3) is 0 Å². The Morgan fingerprint density at radius 3 is 2.46 bits per heavy atom. The second-order valence-corrected chi connectivity index (χ2v) is 6.21. The number of ether oxygens (including phenoxy) is 3. The number of benzene rings is 1. The summed E-state index contributed by atoms with van der Waals surface area (Å²) in [5.41, 5.74) is 0.981. The highest BCUT2D eigenvalue weighted by Crippen LogP contribution is 2.21. The summed E-state index contributed by atoms with van der Waals surface area (Å²) >= 11 is 0. The number of esters is 1. The molecule has 132 valence electrons. The smallest absolute Gasteiger partial charge is 0.408 e. The summed E-state index contributed by atoms with van der Waals surface area (Å²) in [6.45, 7) is 8.99. The van der Waals surface area contributed by atoms with Crippen LogP contribution in [0.2, 0.25) is 0 Å². The van der Waals surface area contributed by atoms with E-state index in [-0.39, 0.29) is 6.42 Å². The lowest BCUT2D eigenvalue weighted by Gasteiger charge is -2.22. The second-order valence-electron chi connectivity index (χ2n) is 6.21. The maximum Gasteiger partial charge on any atom is 0.408 e. The Morgan fingerprint density at radius 1 is 1.29 bits per heavy atom. The van der Waals surface area contributed by atoms with Crippen molar-refractivity contribution in [2.45, 2.75) is 38.8 Å². The average molecular weight is 335 g/mol. The van der Waals surface area contributed by atoms with Gasteiger partial charge in [0, 0.05) is 12.0 Å². The highest BCUT2D eigenvalue weighted by molar-refractivity contribution is 5.81. The molecule has 0 aromatic heterocycles. The Kier molecular flexibility index (Phi) is 6.82. The van der Waals surface area contributed by atoms with Gasteiger partial charge in [0.2, 0.25) is 0 Å². The van der Waals surface area contributed by atoms with Gasteiger partial charge in [-0.25, -0.2) is 9.59 Å². The molecule has 0 aliphatic carbocycles. The first-order chi connectivity index (χ1) is 11.2. The van der Waals surface area contributed by atoms with Gasteiger partial charge in [0.1, 0.15) is 17.4 Å². The van der Waals surface area contributed by atoms with Gasteiger partial charge in [-0.05, 0) is 38.5 Å². The summed E-state index contributed by atoms with van der Waals surface area (Å²) in [5.74, 6) is 0.139. The zero-order valence-corrected chi connectivity index (χ0v) is 14.8. The van der Waals surface area contributed by atoms with Crippen LogP contribution in [0.25, 0.3) is 6.08 Å². The highest BCUT2D eigenvalue weighted by Gasteiger charge is 2.25.